The fourth-order valence-electron chi connectivity index (χ4n) is 1.11. The summed E-state index contributed by atoms with van der Waals surface area (Å²) in [4.78, 5) is 11.4. The lowest BCUT2D eigenvalue weighted by molar-refractivity contribution is 0.0525. The van der Waals surface area contributed by atoms with Gasteiger partial charge in [-0.15, -0.1) is 0 Å². The van der Waals surface area contributed by atoms with E-state index in [1.807, 2.05) is 0 Å². The number of hydrogen-bond donors (Lipinski definition) is 1. The third-order valence-electron chi connectivity index (χ3n) is 1.74. The Labute approximate surface area is 95.9 Å². The normalized spacial score (nSPS) is 9.80. The molecule has 0 aliphatic heterocycles. The van der Waals surface area contributed by atoms with Crippen molar-refractivity contribution in [3.8, 4) is 11.5 Å². The van der Waals surface area contributed by atoms with Crippen molar-refractivity contribution in [3.05, 3.63) is 22.2 Å². The average Bonchev–Trinajstić information content (AvgIpc) is 2.17. The molecule has 0 bridgehead atoms. The van der Waals surface area contributed by atoms with Gasteiger partial charge in [-0.2, -0.15) is 0 Å². The molecule has 5 heteroatoms. The van der Waals surface area contributed by atoms with Gasteiger partial charge in [0.2, 0.25) is 0 Å². The average molecular weight is 275 g/mol. The Morgan fingerprint density at radius 2 is 2.20 bits per heavy atom. The van der Waals surface area contributed by atoms with Crippen molar-refractivity contribution in [2.75, 3.05) is 13.7 Å². The summed E-state index contributed by atoms with van der Waals surface area (Å²) in [6, 6.07) is 2.85. The van der Waals surface area contributed by atoms with Crippen LogP contribution in [0.2, 0.25) is 0 Å². The molecule has 1 N–H and O–H groups in total. The maximum atomic E-state index is 11.4. The number of methoxy groups -OCH3 is 1. The van der Waals surface area contributed by atoms with Crippen LogP contribution >= 0.6 is 15.9 Å². The van der Waals surface area contributed by atoms with Crippen molar-refractivity contribution >= 4 is 21.9 Å². The highest BCUT2D eigenvalue weighted by atomic mass is 79.9. The van der Waals surface area contributed by atoms with Gasteiger partial charge in [-0.1, -0.05) is 0 Å². The molecular formula is C10H11BrO4. The van der Waals surface area contributed by atoms with E-state index in [9.17, 15) is 9.90 Å². The van der Waals surface area contributed by atoms with Crippen molar-refractivity contribution < 1.29 is 19.4 Å². The van der Waals surface area contributed by atoms with Gasteiger partial charge in [0.15, 0.2) is 11.5 Å². The lowest BCUT2D eigenvalue weighted by atomic mass is 10.2. The number of phenolic OH excluding ortho intramolecular Hbond substituents is 1. The number of ether oxygens (including phenoxy) is 2. The predicted molar refractivity (Wildman–Crippen MR) is 58.3 cm³/mol. The monoisotopic (exact) mass is 274 g/mol. The van der Waals surface area contributed by atoms with Gasteiger partial charge < -0.3 is 14.6 Å². The molecule has 1 aromatic carbocycles. The second-order valence-corrected chi connectivity index (χ2v) is 3.59. The molecule has 0 fully saturated rings. The molecule has 0 amide bonds. The zero-order valence-electron chi connectivity index (χ0n) is 8.41. The summed E-state index contributed by atoms with van der Waals surface area (Å²) >= 11 is 3.18. The third kappa shape index (κ3) is 2.62. The Hall–Kier alpha value is -1.23. The first kappa shape index (κ1) is 11.8. The van der Waals surface area contributed by atoms with Crippen LogP contribution in [0, 0.1) is 0 Å². The van der Waals surface area contributed by atoms with Crippen molar-refractivity contribution in [1.29, 1.82) is 0 Å². The fraction of sp³-hybridized carbons (Fsp3) is 0.300. The molecule has 4 nitrogen and oxygen atoms in total. The first-order valence-electron chi connectivity index (χ1n) is 4.33. The Kier molecular flexibility index (Phi) is 3.96. The van der Waals surface area contributed by atoms with Crippen LogP contribution in [-0.2, 0) is 4.74 Å². The lowest BCUT2D eigenvalue weighted by Gasteiger charge is -2.08. The van der Waals surface area contributed by atoms with Crippen LogP contribution in [0.3, 0.4) is 0 Å². The Morgan fingerprint density at radius 1 is 1.53 bits per heavy atom. The lowest BCUT2D eigenvalue weighted by Crippen LogP contribution is -2.04. The Bertz CT molecular complexity index is 353. The third-order valence-corrected chi connectivity index (χ3v) is 2.33. The molecule has 82 valence electrons. The predicted octanol–water partition coefficient (Wildman–Crippen LogP) is 2.34. The zero-order valence-corrected chi connectivity index (χ0v) is 10.00. The Balaban J connectivity index is 3.08. The number of rotatable bonds is 3. The maximum absolute atomic E-state index is 11.4. The van der Waals surface area contributed by atoms with E-state index in [2.05, 4.69) is 15.9 Å². The van der Waals surface area contributed by atoms with Gasteiger partial charge in [0.05, 0.1) is 23.8 Å². The van der Waals surface area contributed by atoms with Gasteiger partial charge in [-0.05, 0) is 35.0 Å². The highest BCUT2D eigenvalue weighted by Gasteiger charge is 2.14. The molecule has 1 aromatic rings. The minimum absolute atomic E-state index is 0.102. The molecule has 0 spiro atoms. The van der Waals surface area contributed by atoms with Crippen LogP contribution in [0.25, 0.3) is 0 Å². The quantitative estimate of drug-likeness (QED) is 0.860. The molecule has 0 saturated carbocycles. The molecule has 1 rings (SSSR count). The molecular weight excluding hydrogens is 264 g/mol. The first-order valence-corrected chi connectivity index (χ1v) is 5.13. The van der Waals surface area contributed by atoms with Gasteiger partial charge in [-0.3, -0.25) is 0 Å². The standard InChI is InChI=1S/C10H11BrO4/c1-3-15-10(13)6-4-7(11)9(14-2)8(12)5-6/h4-5,12H,3H2,1-2H3. The molecule has 15 heavy (non-hydrogen) atoms. The number of esters is 1. The highest BCUT2D eigenvalue weighted by Crippen LogP contribution is 2.35. The number of benzene rings is 1. The van der Waals surface area contributed by atoms with Gasteiger partial charge in [-0.25, -0.2) is 4.79 Å². The zero-order chi connectivity index (χ0) is 11.4. The fourth-order valence-corrected chi connectivity index (χ4v) is 1.72. The van der Waals surface area contributed by atoms with E-state index in [4.69, 9.17) is 9.47 Å². The Morgan fingerprint density at radius 3 is 2.67 bits per heavy atom. The van der Waals surface area contributed by atoms with Crippen molar-refractivity contribution in [2.24, 2.45) is 0 Å². The summed E-state index contributed by atoms with van der Waals surface area (Å²) in [5.74, 6) is -0.283. The van der Waals surface area contributed by atoms with Crippen LogP contribution in [0.5, 0.6) is 11.5 Å². The summed E-state index contributed by atoms with van der Waals surface area (Å²) < 4.78 is 10.2. The second-order valence-electron chi connectivity index (χ2n) is 2.73. The van der Waals surface area contributed by atoms with Gasteiger partial charge in [0.25, 0.3) is 0 Å². The van der Waals surface area contributed by atoms with E-state index in [1.165, 1.54) is 19.2 Å². The summed E-state index contributed by atoms with van der Waals surface area (Å²) in [7, 11) is 1.43. The van der Waals surface area contributed by atoms with Crippen LogP contribution in [0.15, 0.2) is 16.6 Å². The number of aromatic hydroxyl groups is 1. The molecule has 0 unspecified atom stereocenters. The van der Waals surface area contributed by atoms with E-state index < -0.39 is 5.97 Å². The van der Waals surface area contributed by atoms with Gasteiger partial charge >= 0.3 is 5.97 Å². The van der Waals surface area contributed by atoms with Crippen LogP contribution in [0.4, 0.5) is 0 Å². The van der Waals surface area contributed by atoms with Crippen LogP contribution in [-0.4, -0.2) is 24.8 Å². The largest absolute Gasteiger partial charge is 0.504 e. The molecule has 0 aliphatic carbocycles. The molecule has 0 atom stereocenters. The topological polar surface area (TPSA) is 55.8 Å². The maximum Gasteiger partial charge on any atom is 0.338 e. The van der Waals surface area contributed by atoms with Crippen molar-refractivity contribution in [1.82, 2.24) is 0 Å². The second kappa shape index (κ2) is 5.02. The van der Waals surface area contributed by atoms with Crippen molar-refractivity contribution in [3.63, 3.8) is 0 Å². The number of carbonyl (C=O) groups excluding carboxylic acids is 1. The SMILES string of the molecule is CCOC(=O)c1cc(O)c(OC)c(Br)c1. The summed E-state index contributed by atoms with van der Waals surface area (Å²) in [5, 5.41) is 9.53. The van der Waals surface area contributed by atoms with Gasteiger partial charge in [0.1, 0.15) is 0 Å². The number of phenols is 1. The van der Waals surface area contributed by atoms with Crippen molar-refractivity contribution in [2.45, 2.75) is 6.92 Å². The molecule has 0 radical (unpaired) electrons. The highest BCUT2D eigenvalue weighted by molar-refractivity contribution is 9.10. The minimum Gasteiger partial charge on any atom is -0.504 e. The number of halogens is 1. The van der Waals surface area contributed by atoms with Crippen LogP contribution in [0.1, 0.15) is 17.3 Å². The van der Waals surface area contributed by atoms with Crippen LogP contribution < -0.4 is 4.74 Å². The van der Waals surface area contributed by atoms with E-state index in [0.29, 0.717) is 16.8 Å². The molecule has 0 aliphatic rings. The smallest absolute Gasteiger partial charge is 0.338 e. The summed E-state index contributed by atoms with van der Waals surface area (Å²) in [5.41, 5.74) is 0.280. The van der Waals surface area contributed by atoms with Gasteiger partial charge in [0, 0.05) is 0 Å². The first-order chi connectivity index (χ1) is 7.10. The molecule has 0 saturated heterocycles. The summed E-state index contributed by atoms with van der Waals surface area (Å²) in [6.07, 6.45) is 0. The minimum atomic E-state index is -0.476. The number of carbonyl (C=O) groups is 1. The van der Waals surface area contributed by atoms with E-state index in [1.54, 1.807) is 6.92 Å². The van der Waals surface area contributed by atoms with E-state index in [0.717, 1.165) is 0 Å². The molecule has 0 heterocycles. The van der Waals surface area contributed by atoms with E-state index >= 15 is 0 Å². The summed E-state index contributed by atoms with van der Waals surface area (Å²) in [6.45, 7) is 2.01. The molecule has 0 aromatic heterocycles. The van der Waals surface area contributed by atoms with E-state index in [-0.39, 0.29) is 11.3 Å². The number of hydrogen-bond acceptors (Lipinski definition) is 4.